The van der Waals surface area contributed by atoms with Gasteiger partial charge in [0.2, 0.25) is 5.91 Å². The number of benzene rings is 2. The van der Waals surface area contributed by atoms with Crippen molar-refractivity contribution < 1.29 is 13.9 Å². The number of nitrogen functional groups attached to an aromatic ring is 1. The van der Waals surface area contributed by atoms with E-state index in [1.807, 2.05) is 16.8 Å². The van der Waals surface area contributed by atoms with Crippen molar-refractivity contribution in [3.63, 3.8) is 0 Å². The Hall–Kier alpha value is -4.27. The molecule has 0 saturated carbocycles. The van der Waals surface area contributed by atoms with Crippen LogP contribution in [0.15, 0.2) is 67.5 Å². The Morgan fingerprint density at radius 1 is 1.18 bits per heavy atom. The summed E-state index contributed by atoms with van der Waals surface area (Å²) in [6.07, 6.45) is 4.47. The molecule has 2 aromatic carbocycles. The minimum absolute atomic E-state index is 0.0428. The van der Waals surface area contributed by atoms with Gasteiger partial charge in [-0.2, -0.15) is 5.10 Å². The summed E-state index contributed by atoms with van der Waals surface area (Å²) in [6, 6.07) is 13.2. The van der Waals surface area contributed by atoms with E-state index < -0.39 is 0 Å². The summed E-state index contributed by atoms with van der Waals surface area (Å²) in [4.78, 5) is 22.6. The maximum Gasteiger partial charge on any atom is 0.246 e. The summed E-state index contributed by atoms with van der Waals surface area (Å²) in [5, 5.41) is 5.53. The van der Waals surface area contributed by atoms with Crippen LogP contribution in [0.3, 0.4) is 0 Å². The Kier molecular flexibility index (Phi) is 5.67. The molecule has 0 bridgehead atoms. The van der Waals surface area contributed by atoms with Crippen molar-refractivity contribution in [3.8, 4) is 22.8 Å². The number of fused-ring (bicyclic) bond motifs is 1. The van der Waals surface area contributed by atoms with E-state index in [0.29, 0.717) is 47.1 Å². The number of anilines is 1. The van der Waals surface area contributed by atoms with Gasteiger partial charge in [-0.25, -0.2) is 19.0 Å². The molecule has 0 aliphatic carbocycles. The molecule has 1 amide bonds. The van der Waals surface area contributed by atoms with Gasteiger partial charge in [-0.3, -0.25) is 4.79 Å². The van der Waals surface area contributed by atoms with E-state index in [1.165, 1.54) is 24.5 Å². The van der Waals surface area contributed by atoms with Crippen LogP contribution < -0.4 is 10.5 Å². The first-order valence-electron chi connectivity index (χ1n) is 11.0. The van der Waals surface area contributed by atoms with Crippen LogP contribution in [0.4, 0.5) is 10.2 Å². The predicted octanol–water partition coefficient (Wildman–Crippen LogP) is 4.36. The highest BCUT2D eigenvalue weighted by molar-refractivity contribution is 5.98. The molecule has 1 aliphatic heterocycles. The number of halogens is 1. The Balaban J connectivity index is 1.49. The number of piperidine rings is 1. The molecule has 2 N–H and O–H groups in total. The molecule has 5 rings (SSSR count). The van der Waals surface area contributed by atoms with Gasteiger partial charge in [-0.15, -0.1) is 0 Å². The highest BCUT2D eigenvalue weighted by atomic mass is 19.1. The van der Waals surface area contributed by atoms with E-state index in [1.54, 1.807) is 29.2 Å². The van der Waals surface area contributed by atoms with Gasteiger partial charge in [0.1, 0.15) is 35.2 Å². The number of nitrogens with two attached hydrogens (primary N) is 1. The van der Waals surface area contributed by atoms with Gasteiger partial charge in [-0.05, 0) is 55.3 Å². The van der Waals surface area contributed by atoms with Crippen LogP contribution in [0.1, 0.15) is 18.9 Å². The summed E-state index contributed by atoms with van der Waals surface area (Å²) in [5.74, 6) is 0.854. The van der Waals surface area contributed by atoms with Gasteiger partial charge >= 0.3 is 0 Å². The quantitative estimate of drug-likeness (QED) is 0.446. The third-order valence-electron chi connectivity index (χ3n) is 5.91. The third kappa shape index (κ3) is 4.07. The first-order valence-corrected chi connectivity index (χ1v) is 11.0. The second-order valence-electron chi connectivity index (χ2n) is 8.12. The fourth-order valence-corrected chi connectivity index (χ4v) is 4.28. The Morgan fingerprint density at radius 3 is 2.76 bits per heavy atom. The molecule has 2 aromatic heterocycles. The van der Waals surface area contributed by atoms with E-state index in [0.717, 1.165) is 18.4 Å². The van der Waals surface area contributed by atoms with E-state index >= 15 is 0 Å². The molecular formula is C25H23FN6O2. The Morgan fingerprint density at radius 2 is 2.00 bits per heavy atom. The summed E-state index contributed by atoms with van der Waals surface area (Å²) in [7, 11) is 0. The summed E-state index contributed by atoms with van der Waals surface area (Å²) < 4.78 is 21.0. The van der Waals surface area contributed by atoms with Crippen molar-refractivity contribution in [2.45, 2.75) is 18.9 Å². The van der Waals surface area contributed by atoms with Gasteiger partial charge in [0.15, 0.2) is 5.65 Å². The molecule has 0 spiro atoms. The molecule has 3 heterocycles. The van der Waals surface area contributed by atoms with Crippen LogP contribution >= 0.6 is 0 Å². The van der Waals surface area contributed by atoms with E-state index in [9.17, 15) is 9.18 Å². The number of hydrogen-bond donors (Lipinski definition) is 1. The predicted molar refractivity (Wildman–Crippen MR) is 127 cm³/mol. The van der Waals surface area contributed by atoms with Gasteiger partial charge in [0.25, 0.3) is 0 Å². The number of rotatable bonds is 5. The molecule has 8 nitrogen and oxygen atoms in total. The van der Waals surface area contributed by atoms with Crippen LogP contribution in [-0.2, 0) is 4.79 Å². The monoisotopic (exact) mass is 458 g/mol. The molecule has 1 atom stereocenters. The van der Waals surface area contributed by atoms with Crippen molar-refractivity contribution in [1.29, 1.82) is 0 Å². The SMILES string of the molecule is C=CC(=O)N1CCC[C@H](n2nc(-c3ccc(Oc4cccc(F)c4)cc3)c3c(N)ncnc32)C1. The van der Waals surface area contributed by atoms with Crippen molar-refractivity contribution in [1.82, 2.24) is 24.6 Å². The van der Waals surface area contributed by atoms with Crippen molar-refractivity contribution in [2.75, 3.05) is 18.8 Å². The van der Waals surface area contributed by atoms with Crippen LogP contribution in [-0.4, -0.2) is 43.6 Å². The minimum atomic E-state index is -0.363. The molecule has 172 valence electrons. The standard InChI is InChI=1S/C25H23FN6O2/c1-2-21(33)31-12-4-6-18(14-31)32-25-22(24(27)28-15-29-25)23(30-32)16-8-10-19(11-9-16)34-20-7-3-5-17(26)13-20/h2-3,5,7-11,13,15,18H,1,4,6,12,14H2,(H2,27,28,29)/t18-/m0/s1. The summed E-state index contributed by atoms with van der Waals surface area (Å²) in [5.41, 5.74) is 8.33. The average Bonchev–Trinajstić information content (AvgIpc) is 3.25. The average molecular weight is 458 g/mol. The lowest BCUT2D eigenvalue weighted by Gasteiger charge is -2.32. The highest BCUT2D eigenvalue weighted by Crippen LogP contribution is 2.35. The number of likely N-dealkylation sites (tertiary alicyclic amines) is 1. The zero-order valence-corrected chi connectivity index (χ0v) is 18.4. The van der Waals surface area contributed by atoms with E-state index in [4.69, 9.17) is 15.6 Å². The lowest BCUT2D eigenvalue weighted by Crippen LogP contribution is -2.40. The molecular weight excluding hydrogens is 435 g/mol. The summed E-state index contributed by atoms with van der Waals surface area (Å²) >= 11 is 0. The van der Waals surface area contributed by atoms with E-state index in [-0.39, 0.29) is 17.8 Å². The number of amides is 1. The van der Waals surface area contributed by atoms with Crippen LogP contribution in [0.5, 0.6) is 11.5 Å². The maximum atomic E-state index is 13.4. The second kappa shape index (κ2) is 8.93. The van der Waals surface area contributed by atoms with E-state index in [2.05, 4.69) is 16.5 Å². The first-order chi connectivity index (χ1) is 16.5. The van der Waals surface area contributed by atoms with Gasteiger partial charge in [0.05, 0.1) is 11.4 Å². The number of carbonyl (C=O) groups is 1. The van der Waals surface area contributed by atoms with Crippen molar-refractivity contribution in [3.05, 3.63) is 73.3 Å². The normalized spacial score (nSPS) is 15.9. The number of aromatic nitrogens is 4. The molecule has 1 aliphatic rings. The second-order valence-corrected chi connectivity index (χ2v) is 8.12. The van der Waals surface area contributed by atoms with Gasteiger partial charge in [-0.1, -0.05) is 12.6 Å². The first kappa shape index (κ1) is 21.6. The Bertz CT molecular complexity index is 1370. The topological polar surface area (TPSA) is 99.2 Å². The molecule has 1 saturated heterocycles. The van der Waals surface area contributed by atoms with Crippen LogP contribution in [0, 0.1) is 5.82 Å². The lowest BCUT2D eigenvalue weighted by molar-refractivity contribution is -0.127. The molecule has 0 radical (unpaired) electrons. The third-order valence-corrected chi connectivity index (χ3v) is 5.91. The molecule has 4 aromatic rings. The fourth-order valence-electron chi connectivity index (χ4n) is 4.28. The number of hydrogen-bond acceptors (Lipinski definition) is 6. The molecule has 34 heavy (non-hydrogen) atoms. The van der Waals surface area contributed by atoms with Gasteiger partial charge in [0, 0.05) is 24.7 Å². The zero-order valence-electron chi connectivity index (χ0n) is 18.4. The minimum Gasteiger partial charge on any atom is -0.457 e. The lowest BCUT2D eigenvalue weighted by atomic mass is 10.1. The van der Waals surface area contributed by atoms with Crippen LogP contribution in [0.2, 0.25) is 0 Å². The van der Waals surface area contributed by atoms with Crippen molar-refractivity contribution in [2.24, 2.45) is 0 Å². The number of nitrogens with zero attached hydrogens (tertiary/aromatic N) is 5. The molecule has 9 heteroatoms. The maximum absolute atomic E-state index is 13.4. The smallest absolute Gasteiger partial charge is 0.246 e. The number of ether oxygens (including phenoxy) is 1. The van der Waals surface area contributed by atoms with Gasteiger partial charge < -0.3 is 15.4 Å². The summed E-state index contributed by atoms with van der Waals surface area (Å²) in [6.45, 7) is 4.81. The Labute approximate surface area is 195 Å². The van der Waals surface area contributed by atoms with Crippen LogP contribution in [0.25, 0.3) is 22.3 Å². The molecule has 1 fully saturated rings. The zero-order chi connectivity index (χ0) is 23.7. The highest BCUT2D eigenvalue weighted by Gasteiger charge is 2.28. The number of carbonyl (C=O) groups excluding carboxylic acids is 1. The fraction of sp³-hybridized carbons (Fsp3) is 0.200. The molecule has 0 unspecified atom stereocenters. The largest absolute Gasteiger partial charge is 0.457 e. The van der Waals surface area contributed by atoms with Crippen molar-refractivity contribution >= 4 is 22.8 Å².